The molecule has 5 heteroatoms. The first kappa shape index (κ1) is 14.1. The summed E-state index contributed by atoms with van der Waals surface area (Å²) in [6.45, 7) is 3.50. The van der Waals surface area contributed by atoms with Crippen LogP contribution in [0.15, 0.2) is 36.0 Å². The molecule has 1 aliphatic rings. The Morgan fingerprint density at radius 1 is 1.48 bits per heavy atom. The van der Waals surface area contributed by atoms with Gasteiger partial charge < -0.3 is 10.2 Å². The van der Waals surface area contributed by atoms with Crippen LogP contribution in [0.4, 0.5) is 5.69 Å². The number of anilines is 1. The number of carbonyl (C=O) groups excluding carboxylic acids is 1. The summed E-state index contributed by atoms with van der Waals surface area (Å²) in [6.07, 6.45) is 5.63. The molecule has 3 rings (SSSR count). The first-order valence-corrected chi connectivity index (χ1v) is 8.18. The number of carbonyl (C=O) groups is 1. The van der Waals surface area contributed by atoms with Crippen molar-refractivity contribution in [3.63, 3.8) is 0 Å². The lowest BCUT2D eigenvalue weighted by Gasteiger charge is -2.23. The molecule has 1 saturated carbocycles. The molecule has 110 valence electrons. The summed E-state index contributed by atoms with van der Waals surface area (Å²) in [7, 11) is 0. The van der Waals surface area contributed by atoms with Gasteiger partial charge in [-0.05, 0) is 37.3 Å². The number of nitrogens with one attached hydrogen (secondary N) is 1. The van der Waals surface area contributed by atoms with Crippen LogP contribution in [-0.2, 0) is 6.54 Å². The molecule has 0 radical (unpaired) electrons. The van der Waals surface area contributed by atoms with Crippen LogP contribution in [0.5, 0.6) is 0 Å². The normalized spacial score (nSPS) is 14.0. The Kier molecular flexibility index (Phi) is 4.20. The third-order valence-electron chi connectivity index (χ3n) is 3.57. The first-order chi connectivity index (χ1) is 10.3. The highest BCUT2D eigenvalue weighted by Crippen LogP contribution is 2.31. The van der Waals surface area contributed by atoms with Gasteiger partial charge in [0.05, 0.1) is 24.0 Å². The van der Waals surface area contributed by atoms with Gasteiger partial charge in [0.15, 0.2) is 0 Å². The van der Waals surface area contributed by atoms with E-state index in [-0.39, 0.29) is 5.91 Å². The maximum atomic E-state index is 12.9. The second-order valence-electron chi connectivity index (χ2n) is 5.20. The van der Waals surface area contributed by atoms with Crippen molar-refractivity contribution in [2.24, 2.45) is 0 Å². The first-order valence-electron chi connectivity index (χ1n) is 7.31. The summed E-state index contributed by atoms with van der Waals surface area (Å²) in [5.41, 5.74) is 1.54. The molecule has 0 aromatic carbocycles. The summed E-state index contributed by atoms with van der Waals surface area (Å²) >= 11 is 1.70. The van der Waals surface area contributed by atoms with Crippen molar-refractivity contribution in [3.05, 3.63) is 46.4 Å². The molecular weight excluding hydrogens is 282 g/mol. The zero-order valence-corrected chi connectivity index (χ0v) is 12.9. The number of hydrogen-bond acceptors (Lipinski definition) is 4. The van der Waals surface area contributed by atoms with Gasteiger partial charge in [0.1, 0.15) is 0 Å². The molecule has 1 aliphatic carbocycles. The minimum Gasteiger partial charge on any atom is -0.383 e. The van der Waals surface area contributed by atoms with Gasteiger partial charge in [0.2, 0.25) is 0 Å². The largest absolute Gasteiger partial charge is 0.383 e. The number of hydrogen-bond donors (Lipinski definition) is 1. The molecule has 0 bridgehead atoms. The van der Waals surface area contributed by atoms with E-state index in [1.807, 2.05) is 24.0 Å². The molecule has 2 aromatic rings. The average molecular weight is 301 g/mol. The van der Waals surface area contributed by atoms with E-state index in [9.17, 15) is 4.79 Å². The molecule has 0 saturated heterocycles. The molecule has 0 aliphatic heterocycles. The SMILES string of the molecule is CCNc1cnccc1C(=O)N(Cc1cccs1)C1CC1. The highest BCUT2D eigenvalue weighted by atomic mass is 32.1. The van der Waals surface area contributed by atoms with Crippen molar-refractivity contribution < 1.29 is 4.79 Å². The van der Waals surface area contributed by atoms with E-state index in [2.05, 4.69) is 21.7 Å². The summed E-state index contributed by atoms with van der Waals surface area (Å²) in [5, 5.41) is 5.28. The summed E-state index contributed by atoms with van der Waals surface area (Å²) in [6, 6.07) is 6.32. The quantitative estimate of drug-likeness (QED) is 0.889. The molecule has 1 N–H and O–H groups in total. The predicted octanol–water partition coefficient (Wildman–Crippen LogP) is 3.38. The Balaban J connectivity index is 1.84. The average Bonchev–Trinajstić information content (AvgIpc) is 3.21. The van der Waals surface area contributed by atoms with Gasteiger partial charge in [-0.15, -0.1) is 11.3 Å². The maximum Gasteiger partial charge on any atom is 0.256 e. The van der Waals surface area contributed by atoms with E-state index in [1.54, 1.807) is 23.7 Å². The van der Waals surface area contributed by atoms with Crippen molar-refractivity contribution in [3.8, 4) is 0 Å². The summed E-state index contributed by atoms with van der Waals surface area (Å²) in [5.74, 6) is 0.101. The van der Waals surface area contributed by atoms with Crippen LogP contribution >= 0.6 is 11.3 Å². The van der Waals surface area contributed by atoms with Gasteiger partial charge in [-0.3, -0.25) is 9.78 Å². The Morgan fingerprint density at radius 2 is 2.33 bits per heavy atom. The van der Waals surface area contributed by atoms with E-state index < -0.39 is 0 Å². The van der Waals surface area contributed by atoms with Crippen molar-refractivity contribution in [2.75, 3.05) is 11.9 Å². The molecule has 1 amide bonds. The van der Waals surface area contributed by atoms with Crippen LogP contribution in [0.2, 0.25) is 0 Å². The van der Waals surface area contributed by atoms with E-state index >= 15 is 0 Å². The summed E-state index contributed by atoms with van der Waals surface area (Å²) < 4.78 is 0. The van der Waals surface area contributed by atoms with Crippen LogP contribution in [0.25, 0.3) is 0 Å². The van der Waals surface area contributed by atoms with E-state index in [0.717, 1.165) is 30.6 Å². The lowest BCUT2D eigenvalue weighted by molar-refractivity contribution is 0.0732. The van der Waals surface area contributed by atoms with Crippen molar-refractivity contribution in [2.45, 2.75) is 32.4 Å². The molecular formula is C16H19N3OS. The molecule has 0 spiro atoms. The van der Waals surface area contributed by atoms with E-state index in [0.29, 0.717) is 12.6 Å². The Morgan fingerprint density at radius 3 is 3.00 bits per heavy atom. The number of nitrogens with zero attached hydrogens (tertiary/aromatic N) is 2. The van der Waals surface area contributed by atoms with Gasteiger partial charge in [0.25, 0.3) is 5.91 Å². The lowest BCUT2D eigenvalue weighted by atomic mass is 10.2. The van der Waals surface area contributed by atoms with Crippen molar-refractivity contribution in [1.82, 2.24) is 9.88 Å². The smallest absolute Gasteiger partial charge is 0.256 e. The Bertz CT molecular complexity index is 608. The Hall–Kier alpha value is -1.88. The van der Waals surface area contributed by atoms with Gasteiger partial charge in [0, 0.05) is 23.7 Å². The number of rotatable bonds is 6. The van der Waals surface area contributed by atoms with Gasteiger partial charge in [-0.25, -0.2) is 0 Å². The van der Waals surface area contributed by atoms with Gasteiger partial charge in [-0.2, -0.15) is 0 Å². The van der Waals surface area contributed by atoms with Crippen LogP contribution in [0.1, 0.15) is 35.0 Å². The fourth-order valence-corrected chi connectivity index (χ4v) is 3.09. The van der Waals surface area contributed by atoms with E-state index in [1.165, 1.54) is 4.88 Å². The lowest BCUT2D eigenvalue weighted by Crippen LogP contribution is -2.32. The number of amides is 1. The second kappa shape index (κ2) is 6.26. The number of pyridine rings is 1. The fraction of sp³-hybridized carbons (Fsp3) is 0.375. The van der Waals surface area contributed by atoms with Crippen LogP contribution in [0.3, 0.4) is 0 Å². The Labute approximate surface area is 128 Å². The second-order valence-corrected chi connectivity index (χ2v) is 6.23. The van der Waals surface area contributed by atoms with Crippen LogP contribution < -0.4 is 5.32 Å². The molecule has 2 heterocycles. The third kappa shape index (κ3) is 3.24. The topological polar surface area (TPSA) is 45.2 Å². The van der Waals surface area contributed by atoms with Gasteiger partial charge in [-0.1, -0.05) is 6.07 Å². The molecule has 0 atom stereocenters. The molecule has 4 nitrogen and oxygen atoms in total. The van der Waals surface area contributed by atoms with Crippen LogP contribution in [0, 0.1) is 0 Å². The number of aromatic nitrogens is 1. The van der Waals surface area contributed by atoms with Gasteiger partial charge >= 0.3 is 0 Å². The molecule has 0 unspecified atom stereocenters. The third-order valence-corrected chi connectivity index (χ3v) is 4.43. The predicted molar refractivity (Wildman–Crippen MR) is 85.6 cm³/mol. The zero-order chi connectivity index (χ0) is 14.7. The minimum absolute atomic E-state index is 0.101. The van der Waals surface area contributed by atoms with E-state index in [4.69, 9.17) is 0 Å². The summed E-state index contributed by atoms with van der Waals surface area (Å²) in [4.78, 5) is 20.3. The minimum atomic E-state index is 0.101. The van der Waals surface area contributed by atoms with Crippen LogP contribution in [-0.4, -0.2) is 28.4 Å². The van der Waals surface area contributed by atoms with Crippen molar-refractivity contribution in [1.29, 1.82) is 0 Å². The standard InChI is InChI=1S/C16H19N3OS/c1-2-18-15-10-17-8-7-14(15)16(20)19(12-5-6-12)11-13-4-3-9-21-13/h3-4,7-10,12,18H,2,5-6,11H2,1H3. The number of thiophene rings is 1. The zero-order valence-electron chi connectivity index (χ0n) is 12.1. The fourth-order valence-electron chi connectivity index (χ4n) is 2.39. The highest BCUT2D eigenvalue weighted by Gasteiger charge is 2.34. The maximum absolute atomic E-state index is 12.9. The molecule has 21 heavy (non-hydrogen) atoms. The van der Waals surface area contributed by atoms with Crippen molar-refractivity contribution >= 4 is 22.9 Å². The monoisotopic (exact) mass is 301 g/mol. The molecule has 2 aromatic heterocycles. The molecule has 1 fully saturated rings. The highest BCUT2D eigenvalue weighted by molar-refractivity contribution is 7.09.